The molecule has 1 fully saturated rings. The van der Waals surface area contributed by atoms with Crippen LogP contribution in [0, 0.1) is 12.8 Å². The Kier molecular flexibility index (Phi) is 6.83. The van der Waals surface area contributed by atoms with Gasteiger partial charge < -0.3 is 10.1 Å². The van der Waals surface area contributed by atoms with Crippen LogP contribution in [0.2, 0.25) is 0 Å². The number of anilines is 1. The number of hydrazine groups is 1. The fourth-order valence-corrected chi connectivity index (χ4v) is 3.18. The van der Waals surface area contributed by atoms with Gasteiger partial charge in [-0.25, -0.2) is 0 Å². The van der Waals surface area contributed by atoms with E-state index in [2.05, 4.69) is 26.7 Å². The number of esters is 1. The maximum Gasteiger partial charge on any atom is 0.311 e. The first-order valence-corrected chi connectivity index (χ1v) is 10.0. The van der Waals surface area contributed by atoms with Gasteiger partial charge in [-0.15, -0.1) is 0 Å². The summed E-state index contributed by atoms with van der Waals surface area (Å²) in [6.07, 6.45) is -0.0983. The van der Waals surface area contributed by atoms with Crippen molar-refractivity contribution in [2.24, 2.45) is 5.92 Å². The molecule has 1 aliphatic heterocycles. The first kappa shape index (κ1) is 21.5. The SMILES string of the molecule is Cc1ccccc1NC(=O)COC(=O)[C@@H]1CC(=O)N(NC(=O)c2ccc(Br)cc2)C1. The molecule has 1 saturated heterocycles. The molecule has 0 aliphatic carbocycles. The molecular weight excluding hydrogens is 454 g/mol. The van der Waals surface area contributed by atoms with Crippen molar-refractivity contribution in [3.63, 3.8) is 0 Å². The molecule has 0 bridgehead atoms. The summed E-state index contributed by atoms with van der Waals surface area (Å²) in [4.78, 5) is 48.7. The number of hydrogen-bond donors (Lipinski definition) is 2. The minimum absolute atomic E-state index is 0.0145. The molecule has 3 rings (SSSR count). The molecule has 1 heterocycles. The van der Waals surface area contributed by atoms with Gasteiger partial charge in [-0.1, -0.05) is 34.1 Å². The number of rotatable bonds is 6. The van der Waals surface area contributed by atoms with Gasteiger partial charge in [0.15, 0.2) is 6.61 Å². The lowest BCUT2D eigenvalue weighted by molar-refractivity contribution is -0.151. The molecule has 2 aromatic carbocycles. The van der Waals surface area contributed by atoms with E-state index in [9.17, 15) is 19.2 Å². The van der Waals surface area contributed by atoms with E-state index in [0.717, 1.165) is 15.0 Å². The second-order valence-corrected chi connectivity index (χ2v) is 7.74. The Morgan fingerprint density at radius 3 is 2.53 bits per heavy atom. The Morgan fingerprint density at radius 1 is 1.13 bits per heavy atom. The number of benzene rings is 2. The first-order valence-electron chi connectivity index (χ1n) is 9.22. The highest BCUT2D eigenvalue weighted by molar-refractivity contribution is 9.10. The van der Waals surface area contributed by atoms with Gasteiger partial charge in [0, 0.05) is 22.1 Å². The number of amides is 3. The molecule has 2 N–H and O–H groups in total. The third-order valence-corrected chi connectivity index (χ3v) is 5.09. The number of carbonyl (C=O) groups excluding carboxylic acids is 4. The Morgan fingerprint density at radius 2 is 1.83 bits per heavy atom. The maximum atomic E-state index is 12.3. The molecule has 0 aromatic heterocycles. The lowest BCUT2D eigenvalue weighted by Gasteiger charge is -2.17. The first-order chi connectivity index (χ1) is 14.3. The Labute approximate surface area is 181 Å². The number of ether oxygens (including phenoxy) is 1. The van der Waals surface area contributed by atoms with Gasteiger partial charge in [0.05, 0.1) is 12.5 Å². The molecule has 3 amide bonds. The number of para-hydroxylation sites is 1. The number of nitrogens with one attached hydrogen (secondary N) is 2. The molecule has 2 aromatic rings. The van der Waals surface area contributed by atoms with E-state index < -0.39 is 36.2 Å². The van der Waals surface area contributed by atoms with Crippen molar-refractivity contribution < 1.29 is 23.9 Å². The molecular formula is C21H20BrN3O5. The molecule has 0 radical (unpaired) electrons. The third-order valence-electron chi connectivity index (χ3n) is 4.57. The van der Waals surface area contributed by atoms with Crippen LogP contribution in [0.3, 0.4) is 0 Å². The monoisotopic (exact) mass is 473 g/mol. The van der Waals surface area contributed by atoms with Crippen LogP contribution in [0.1, 0.15) is 22.3 Å². The van der Waals surface area contributed by atoms with E-state index >= 15 is 0 Å². The van der Waals surface area contributed by atoms with Gasteiger partial charge in [0.2, 0.25) is 5.91 Å². The lowest BCUT2D eigenvalue weighted by Crippen LogP contribution is -2.43. The van der Waals surface area contributed by atoms with E-state index in [1.807, 2.05) is 19.1 Å². The molecule has 0 saturated carbocycles. The highest BCUT2D eigenvalue weighted by Crippen LogP contribution is 2.19. The second-order valence-electron chi connectivity index (χ2n) is 6.82. The summed E-state index contributed by atoms with van der Waals surface area (Å²) in [5.74, 6) is -2.74. The van der Waals surface area contributed by atoms with Crippen molar-refractivity contribution in [2.75, 3.05) is 18.5 Å². The molecule has 1 aliphatic rings. The zero-order chi connectivity index (χ0) is 21.7. The zero-order valence-corrected chi connectivity index (χ0v) is 17.8. The largest absolute Gasteiger partial charge is 0.455 e. The third kappa shape index (κ3) is 5.44. The highest BCUT2D eigenvalue weighted by Gasteiger charge is 2.36. The van der Waals surface area contributed by atoms with E-state index in [1.54, 1.807) is 36.4 Å². The van der Waals surface area contributed by atoms with Gasteiger partial charge in [0.25, 0.3) is 11.8 Å². The predicted molar refractivity (Wildman–Crippen MR) is 112 cm³/mol. The summed E-state index contributed by atoms with van der Waals surface area (Å²) in [6, 6.07) is 13.9. The maximum absolute atomic E-state index is 12.3. The summed E-state index contributed by atoms with van der Waals surface area (Å²) in [6.45, 7) is 1.38. The summed E-state index contributed by atoms with van der Waals surface area (Å²) >= 11 is 3.29. The Bertz CT molecular complexity index is 977. The molecule has 1 atom stereocenters. The number of halogens is 1. The van der Waals surface area contributed by atoms with E-state index in [-0.39, 0.29) is 13.0 Å². The molecule has 0 spiro atoms. The molecule has 8 nitrogen and oxygen atoms in total. The van der Waals surface area contributed by atoms with Gasteiger partial charge in [-0.05, 0) is 42.8 Å². The van der Waals surface area contributed by atoms with Crippen LogP contribution in [0.25, 0.3) is 0 Å². The van der Waals surface area contributed by atoms with Crippen LogP contribution >= 0.6 is 15.9 Å². The van der Waals surface area contributed by atoms with Gasteiger partial charge >= 0.3 is 5.97 Å². The number of hydrogen-bond acceptors (Lipinski definition) is 5. The molecule has 156 valence electrons. The van der Waals surface area contributed by atoms with Crippen LogP contribution in [0.15, 0.2) is 53.0 Å². The highest BCUT2D eigenvalue weighted by atomic mass is 79.9. The van der Waals surface area contributed by atoms with Crippen LogP contribution in [-0.2, 0) is 19.1 Å². The lowest BCUT2D eigenvalue weighted by atomic mass is 10.1. The average molecular weight is 474 g/mol. The van der Waals surface area contributed by atoms with Crippen LogP contribution < -0.4 is 10.7 Å². The Balaban J connectivity index is 1.48. The fourth-order valence-electron chi connectivity index (χ4n) is 2.92. The standard InChI is InChI=1S/C21H20BrN3O5/c1-13-4-2-3-5-17(13)23-18(26)12-30-21(29)15-10-19(27)25(11-15)24-20(28)14-6-8-16(22)9-7-14/h2-9,15H,10-12H2,1H3,(H,23,26)(H,24,28)/t15-/m1/s1. The van der Waals surface area contributed by atoms with E-state index in [4.69, 9.17) is 4.74 Å². The van der Waals surface area contributed by atoms with Crippen LogP contribution in [0.4, 0.5) is 5.69 Å². The average Bonchev–Trinajstić information content (AvgIpc) is 3.09. The molecule has 0 unspecified atom stereocenters. The smallest absolute Gasteiger partial charge is 0.311 e. The normalized spacial score (nSPS) is 15.6. The quantitative estimate of drug-likeness (QED) is 0.626. The fraction of sp³-hybridized carbons (Fsp3) is 0.238. The van der Waals surface area contributed by atoms with Gasteiger partial charge in [0.1, 0.15) is 0 Å². The number of carbonyl (C=O) groups is 4. The summed E-state index contributed by atoms with van der Waals surface area (Å²) in [5.41, 5.74) is 4.40. The minimum Gasteiger partial charge on any atom is -0.455 e. The van der Waals surface area contributed by atoms with Crippen LogP contribution in [0.5, 0.6) is 0 Å². The summed E-state index contributed by atoms with van der Waals surface area (Å²) in [7, 11) is 0. The van der Waals surface area contributed by atoms with Crippen molar-refractivity contribution in [2.45, 2.75) is 13.3 Å². The van der Waals surface area contributed by atoms with Crippen molar-refractivity contribution in [1.82, 2.24) is 10.4 Å². The number of aryl methyl sites for hydroxylation is 1. The predicted octanol–water partition coefficient (Wildman–Crippen LogP) is 2.43. The van der Waals surface area contributed by atoms with E-state index in [0.29, 0.717) is 11.3 Å². The summed E-state index contributed by atoms with van der Waals surface area (Å²) < 4.78 is 5.88. The van der Waals surface area contributed by atoms with Gasteiger partial charge in [-0.3, -0.25) is 29.6 Å². The van der Waals surface area contributed by atoms with Crippen molar-refractivity contribution in [1.29, 1.82) is 0 Å². The molecule has 30 heavy (non-hydrogen) atoms. The molecule has 9 heteroatoms. The van der Waals surface area contributed by atoms with Crippen molar-refractivity contribution >= 4 is 45.3 Å². The topological polar surface area (TPSA) is 105 Å². The van der Waals surface area contributed by atoms with Gasteiger partial charge in [-0.2, -0.15) is 0 Å². The summed E-state index contributed by atoms with van der Waals surface area (Å²) in [5, 5.41) is 3.77. The Hall–Kier alpha value is -3.20. The zero-order valence-electron chi connectivity index (χ0n) is 16.2. The minimum atomic E-state index is -0.756. The van der Waals surface area contributed by atoms with E-state index in [1.165, 1.54) is 0 Å². The van der Waals surface area contributed by atoms with Crippen LogP contribution in [-0.4, -0.2) is 41.9 Å². The second kappa shape index (κ2) is 9.53. The van der Waals surface area contributed by atoms with Crippen molar-refractivity contribution in [3.8, 4) is 0 Å². The number of nitrogens with zero attached hydrogens (tertiary/aromatic N) is 1. The van der Waals surface area contributed by atoms with Crippen molar-refractivity contribution in [3.05, 3.63) is 64.1 Å².